The van der Waals surface area contributed by atoms with Crippen LogP contribution < -0.4 is 10.2 Å². The van der Waals surface area contributed by atoms with E-state index in [-0.39, 0.29) is 17.2 Å². The summed E-state index contributed by atoms with van der Waals surface area (Å²) in [4.78, 5) is 43.3. The van der Waals surface area contributed by atoms with Gasteiger partial charge in [-0.25, -0.2) is 4.79 Å². The van der Waals surface area contributed by atoms with Crippen LogP contribution in [-0.2, 0) is 14.3 Å². The third kappa shape index (κ3) is 7.97. The highest BCUT2D eigenvalue weighted by Crippen LogP contribution is 2.36. The van der Waals surface area contributed by atoms with Crippen LogP contribution in [0.1, 0.15) is 81.5 Å². The molecule has 0 aliphatic carbocycles. The van der Waals surface area contributed by atoms with E-state index in [2.05, 4.69) is 27.2 Å². The second-order valence-electron chi connectivity index (χ2n) is 11.6. The van der Waals surface area contributed by atoms with Crippen molar-refractivity contribution in [2.24, 2.45) is 5.10 Å². The summed E-state index contributed by atoms with van der Waals surface area (Å²) in [6.07, 6.45) is 11.6. The van der Waals surface area contributed by atoms with Crippen molar-refractivity contribution >= 4 is 34.9 Å². The summed E-state index contributed by atoms with van der Waals surface area (Å²) in [6.45, 7) is 8.11. The standard InChI is InChI=1S/C36H40N5O6/c1-25-32(35(43)37-28-14-12-27(13-15-28)30-16-17-31(42)41(45)38-30)29(11-7-4-5-8-18-39-21-23-47-24-22-39)33(36(44)46-3)26(2)34(25)40-19-9-6-10-20-40/h9-10,12-15,19-20H,4-6,8,16-18,21-24H2,1-3H3,(H,37,43)/q-1. The molecule has 2 aromatic rings. The number of unbranched alkanes of at least 4 members (excludes halogenated alkanes) is 2. The number of methoxy groups -OCH3 is 1. The number of esters is 1. The minimum atomic E-state index is -0.570. The van der Waals surface area contributed by atoms with Crippen LogP contribution in [0.4, 0.5) is 11.4 Å². The van der Waals surface area contributed by atoms with Gasteiger partial charge in [-0.2, -0.15) is 5.10 Å². The van der Waals surface area contributed by atoms with Gasteiger partial charge in [0.1, 0.15) is 0 Å². The number of rotatable bonds is 9. The Morgan fingerprint density at radius 3 is 2.40 bits per heavy atom. The third-order valence-corrected chi connectivity index (χ3v) is 8.46. The zero-order valence-electron chi connectivity index (χ0n) is 27.1. The lowest BCUT2D eigenvalue weighted by molar-refractivity contribution is -0.129. The fourth-order valence-corrected chi connectivity index (χ4v) is 6.00. The van der Waals surface area contributed by atoms with E-state index < -0.39 is 17.8 Å². The second kappa shape index (κ2) is 15.7. The van der Waals surface area contributed by atoms with E-state index >= 15 is 0 Å². The quantitative estimate of drug-likeness (QED) is 0.224. The monoisotopic (exact) mass is 638 g/mol. The molecule has 0 radical (unpaired) electrons. The normalized spacial score (nSPS) is 16.4. The van der Waals surface area contributed by atoms with E-state index in [1.54, 1.807) is 24.3 Å². The van der Waals surface area contributed by atoms with Crippen molar-refractivity contribution in [3.05, 3.63) is 87.4 Å². The summed E-state index contributed by atoms with van der Waals surface area (Å²) >= 11 is 0. The van der Waals surface area contributed by atoms with E-state index in [1.807, 2.05) is 43.3 Å². The molecule has 0 saturated carbocycles. The molecule has 11 nitrogen and oxygen atoms in total. The molecule has 0 bridgehead atoms. The van der Waals surface area contributed by atoms with E-state index in [4.69, 9.17) is 9.47 Å². The van der Waals surface area contributed by atoms with Gasteiger partial charge >= 0.3 is 5.97 Å². The number of hydrazone groups is 1. The molecule has 1 N–H and O–H groups in total. The topological polar surface area (TPSA) is 127 Å². The fourth-order valence-electron chi connectivity index (χ4n) is 6.00. The van der Waals surface area contributed by atoms with Crippen molar-refractivity contribution in [2.45, 2.75) is 52.4 Å². The van der Waals surface area contributed by atoms with Crippen molar-refractivity contribution in [1.82, 2.24) is 10.1 Å². The van der Waals surface area contributed by atoms with Crippen molar-refractivity contribution in [3.8, 4) is 11.8 Å². The lowest BCUT2D eigenvalue weighted by Gasteiger charge is -2.27. The van der Waals surface area contributed by atoms with E-state index in [1.165, 1.54) is 7.11 Å². The first-order chi connectivity index (χ1) is 22.8. The maximum Gasteiger partial charge on any atom is 0.339 e. The molecule has 11 heteroatoms. The molecule has 3 heterocycles. The lowest BCUT2D eigenvalue weighted by atomic mass is 9.89. The van der Waals surface area contributed by atoms with Gasteiger partial charge in [0.15, 0.2) is 0 Å². The number of amides is 2. The van der Waals surface area contributed by atoms with Crippen molar-refractivity contribution in [3.63, 3.8) is 0 Å². The smallest absolute Gasteiger partial charge is 0.339 e. The van der Waals surface area contributed by atoms with Crippen molar-refractivity contribution in [2.75, 3.05) is 50.2 Å². The summed E-state index contributed by atoms with van der Waals surface area (Å²) in [6, 6.07) is 6.91. The van der Waals surface area contributed by atoms with Crippen LogP contribution in [0.15, 0.2) is 53.9 Å². The van der Waals surface area contributed by atoms with Crippen LogP contribution in [0.25, 0.3) is 0 Å². The highest BCUT2D eigenvalue weighted by atomic mass is 16.5. The molecule has 0 aromatic heterocycles. The Balaban J connectivity index is 1.46. The molecule has 246 valence electrons. The summed E-state index contributed by atoms with van der Waals surface area (Å²) < 4.78 is 10.7. The molecule has 1 fully saturated rings. The molecule has 3 aliphatic rings. The van der Waals surface area contributed by atoms with Gasteiger partial charge in [-0.1, -0.05) is 36.1 Å². The number of nitrogens with zero attached hydrogens (tertiary/aromatic N) is 4. The number of ether oxygens (including phenoxy) is 2. The number of hydrogen-bond acceptors (Lipinski definition) is 9. The van der Waals surface area contributed by atoms with E-state index in [9.17, 15) is 19.6 Å². The molecular formula is C36H40N5O6-. The zero-order chi connectivity index (χ0) is 33.3. The van der Waals surface area contributed by atoms with Gasteiger partial charge in [0, 0.05) is 50.4 Å². The Kier molecular flexibility index (Phi) is 11.2. The van der Waals surface area contributed by atoms with Crippen LogP contribution >= 0.6 is 0 Å². The minimum Gasteiger partial charge on any atom is -0.735 e. The van der Waals surface area contributed by atoms with Gasteiger partial charge in [-0.05, 0) is 68.5 Å². The maximum absolute atomic E-state index is 14.1. The van der Waals surface area contributed by atoms with Gasteiger partial charge in [0.05, 0.1) is 48.4 Å². The Hall–Kier alpha value is -4.76. The number of benzene rings is 2. The van der Waals surface area contributed by atoms with E-state index in [0.717, 1.165) is 52.1 Å². The molecular weight excluding hydrogens is 598 g/mol. The van der Waals surface area contributed by atoms with Crippen molar-refractivity contribution < 1.29 is 23.9 Å². The second-order valence-corrected chi connectivity index (χ2v) is 11.6. The summed E-state index contributed by atoms with van der Waals surface area (Å²) in [7, 11) is 1.32. The number of morpholine rings is 1. The zero-order valence-corrected chi connectivity index (χ0v) is 27.1. The number of carbonyl (C=O) groups is 3. The number of anilines is 2. The Morgan fingerprint density at radius 2 is 1.72 bits per heavy atom. The SMILES string of the molecule is COC(=O)c1c(C)c(N2C=CCC=C2)c(C)c(C(=O)Nc2ccc(C3=NN([O-])C(=O)CC3)cc2)c1C#CCCCCN1CCOCC1. The average Bonchev–Trinajstić information content (AvgIpc) is 3.08. The lowest BCUT2D eigenvalue weighted by Crippen LogP contribution is -2.36. The Labute approximate surface area is 275 Å². The minimum absolute atomic E-state index is 0.0947. The summed E-state index contributed by atoms with van der Waals surface area (Å²) in [5.41, 5.74) is 4.63. The first-order valence-corrected chi connectivity index (χ1v) is 15.9. The van der Waals surface area contributed by atoms with Gasteiger partial charge in [-0.15, -0.1) is 0 Å². The van der Waals surface area contributed by atoms with Crippen LogP contribution in [0.2, 0.25) is 0 Å². The molecule has 1 saturated heterocycles. The molecule has 3 aliphatic heterocycles. The largest absolute Gasteiger partial charge is 0.735 e. The molecule has 47 heavy (non-hydrogen) atoms. The summed E-state index contributed by atoms with van der Waals surface area (Å²) in [5.74, 6) is 4.87. The molecule has 2 amide bonds. The van der Waals surface area contributed by atoms with E-state index in [0.29, 0.717) is 57.7 Å². The molecule has 0 atom stereocenters. The Bertz CT molecular complexity index is 1650. The van der Waals surface area contributed by atoms with Gasteiger partial charge in [0.25, 0.3) is 5.91 Å². The number of hydroxylamine groups is 1. The maximum atomic E-state index is 14.1. The predicted octanol–water partition coefficient (Wildman–Crippen LogP) is 5.26. The van der Waals surface area contributed by atoms with Crippen LogP contribution in [0.5, 0.6) is 0 Å². The highest BCUT2D eigenvalue weighted by Gasteiger charge is 2.29. The predicted molar refractivity (Wildman–Crippen MR) is 181 cm³/mol. The van der Waals surface area contributed by atoms with Crippen molar-refractivity contribution in [1.29, 1.82) is 0 Å². The first-order valence-electron chi connectivity index (χ1n) is 15.9. The van der Waals surface area contributed by atoms with Gasteiger partial charge in [0.2, 0.25) is 5.91 Å². The number of carbonyl (C=O) groups excluding carboxylic acids is 3. The first kappa shape index (κ1) is 33.6. The average molecular weight is 639 g/mol. The highest BCUT2D eigenvalue weighted by molar-refractivity contribution is 6.12. The third-order valence-electron chi connectivity index (χ3n) is 8.46. The van der Waals surface area contributed by atoms with Gasteiger partial charge < -0.3 is 30.1 Å². The number of hydrogen-bond donors (Lipinski definition) is 1. The van der Waals surface area contributed by atoms with Crippen LogP contribution in [0.3, 0.4) is 0 Å². The molecule has 0 unspecified atom stereocenters. The molecule has 0 spiro atoms. The summed E-state index contributed by atoms with van der Waals surface area (Å²) in [5, 5.41) is 18.7. The fraction of sp³-hybridized carbons (Fsp3) is 0.389. The Morgan fingerprint density at radius 1 is 1.02 bits per heavy atom. The molecule has 5 rings (SSSR count). The number of nitrogens with one attached hydrogen (secondary N) is 1. The van der Waals surface area contributed by atoms with Crippen LogP contribution in [-0.4, -0.2) is 73.5 Å². The molecule has 2 aromatic carbocycles. The van der Waals surface area contributed by atoms with Crippen LogP contribution in [0, 0.1) is 30.9 Å². The number of allylic oxidation sites excluding steroid dienone is 2. The van der Waals surface area contributed by atoms with Gasteiger partial charge in [-0.3, -0.25) is 14.5 Å².